The Kier molecular flexibility index (Phi) is 5.32. The van der Waals surface area contributed by atoms with E-state index in [0.717, 1.165) is 11.1 Å². The third-order valence-electron chi connectivity index (χ3n) is 5.73. The van der Waals surface area contributed by atoms with E-state index in [-0.39, 0.29) is 12.2 Å². The van der Waals surface area contributed by atoms with E-state index in [1.807, 2.05) is 6.92 Å². The first-order valence-corrected chi connectivity index (χ1v) is 10.4. The number of pyridine rings is 1. The molecule has 32 heavy (non-hydrogen) atoms. The van der Waals surface area contributed by atoms with Gasteiger partial charge in [-0.15, -0.1) is 10.2 Å². The Hall–Kier alpha value is -3.37. The lowest BCUT2D eigenvalue weighted by molar-refractivity contribution is -0.00441. The highest BCUT2D eigenvalue weighted by Gasteiger charge is 2.32. The zero-order valence-electron chi connectivity index (χ0n) is 17.5. The molecule has 5 rings (SSSR count). The number of rotatable bonds is 4. The third-order valence-corrected chi connectivity index (χ3v) is 5.73. The molecule has 1 atom stereocenters. The van der Waals surface area contributed by atoms with Crippen LogP contribution in [-0.2, 0) is 22.7 Å². The number of carbonyl (C=O) groups excluding carboxylic acids is 1. The van der Waals surface area contributed by atoms with E-state index < -0.39 is 17.8 Å². The molecule has 9 nitrogen and oxygen atoms in total. The summed E-state index contributed by atoms with van der Waals surface area (Å²) in [5.74, 6) is -0.380. The smallest absolute Gasteiger partial charge is 0.257 e. The quantitative estimate of drug-likeness (QED) is 0.659. The topological polar surface area (TPSA) is 113 Å². The Morgan fingerprint density at radius 1 is 1.25 bits per heavy atom. The second-order valence-corrected chi connectivity index (χ2v) is 7.61. The monoisotopic (exact) mass is 439 g/mol. The van der Waals surface area contributed by atoms with Gasteiger partial charge in [0.1, 0.15) is 11.6 Å². The fourth-order valence-corrected chi connectivity index (χ4v) is 4.14. The van der Waals surface area contributed by atoms with Crippen molar-refractivity contribution in [3.63, 3.8) is 0 Å². The largest absolute Gasteiger partial charge is 0.477 e. The van der Waals surface area contributed by atoms with Crippen molar-refractivity contribution in [1.29, 1.82) is 0 Å². The third kappa shape index (κ3) is 3.51. The van der Waals surface area contributed by atoms with Crippen LogP contribution in [0.5, 0.6) is 5.88 Å². The molecule has 2 aromatic heterocycles. The minimum Gasteiger partial charge on any atom is -0.477 e. The second-order valence-electron chi connectivity index (χ2n) is 7.61. The molecule has 0 saturated carbocycles. The first kappa shape index (κ1) is 20.5. The molecule has 3 aromatic rings. The normalized spacial score (nSPS) is 18.1. The Bertz CT molecular complexity index is 1190. The van der Waals surface area contributed by atoms with Crippen LogP contribution in [-0.4, -0.2) is 52.4 Å². The number of hydrogen-bond acceptors (Lipinski definition) is 8. The van der Waals surface area contributed by atoms with Gasteiger partial charge in [-0.2, -0.15) is 0 Å². The highest BCUT2D eigenvalue weighted by Crippen LogP contribution is 2.33. The van der Waals surface area contributed by atoms with Gasteiger partial charge in [0.2, 0.25) is 5.88 Å². The average Bonchev–Trinajstić information content (AvgIpc) is 3.30. The molecule has 1 unspecified atom stereocenters. The first-order chi connectivity index (χ1) is 15.6. The Morgan fingerprint density at radius 3 is 2.88 bits per heavy atom. The lowest BCUT2D eigenvalue weighted by Crippen LogP contribution is -2.44. The summed E-state index contributed by atoms with van der Waals surface area (Å²) in [5.41, 5.74) is 8.53. The van der Waals surface area contributed by atoms with Crippen molar-refractivity contribution >= 4 is 22.6 Å². The molecular weight excluding hydrogens is 417 g/mol. The van der Waals surface area contributed by atoms with Gasteiger partial charge in [-0.1, -0.05) is 0 Å². The summed E-state index contributed by atoms with van der Waals surface area (Å²) in [5, 5.41) is 8.90. The number of amides is 1. The summed E-state index contributed by atoms with van der Waals surface area (Å²) < 4.78 is 31.5. The summed E-state index contributed by atoms with van der Waals surface area (Å²) in [7, 11) is 0. The molecular formula is C22H22FN5O4. The van der Waals surface area contributed by atoms with Crippen LogP contribution >= 0.6 is 0 Å². The van der Waals surface area contributed by atoms with Crippen molar-refractivity contribution in [3.8, 4) is 5.88 Å². The van der Waals surface area contributed by atoms with Gasteiger partial charge in [0.05, 0.1) is 55.9 Å². The van der Waals surface area contributed by atoms with Crippen molar-refractivity contribution < 1.29 is 23.4 Å². The first-order valence-electron chi connectivity index (χ1n) is 10.4. The van der Waals surface area contributed by atoms with E-state index >= 15 is 4.39 Å². The zero-order chi connectivity index (χ0) is 22.2. The molecule has 1 amide bonds. The maximum Gasteiger partial charge on any atom is 0.257 e. The standard InChI is InChI=1S/C22H22FN5O4/c1-2-32-20-4-3-17(26-27-20)19-11-30-6-5-28(19)22(29)13-7-12-14-9-31-10-15(14)21(24)25-18(12)8-16(13)23/h3-4,7-8,19H,2,5-6,9-11H2,1H3,(H2,24,25). The van der Waals surface area contributed by atoms with E-state index in [9.17, 15) is 4.79 Å². The molecule has 4 heterocycles. The van der Waals surface area contributed by atoms with Crippen LogP contribution in [0, 0.1) is 5.82 Å². The number of carbonyl (C=O) groups is 1. The highest BCUT2D eigenvalue weighted by atomic mass is 19.1. The fraction of sp³-hybridized carbons (Fsp3) is 0.364. The van der Waals surface area contributed by atoms with Crippen molar-refractivity contribution in [2.45, 2.75) is 26.2 Å². The van der Waals surface area contributed by atoms with E-state index in [0.29, 0.717) is 61.3 Å². The number of anilines is 1. The van der Waals surface area contributed by atoms with E-state index in [1.165, 1.54) is 6.07 Å². The maximum atomic E-state index is 15.0. The van der Waals surface area contributed by atoms with Gasteiger partial charge < -0.3 is 24.8 Å². The Balaban J connectivity index is 1.51. The molecule has 2 N–H and O–H groups in total. The molecule has 166 valence electrons. The lowest BCUT2D eigenvalue weighted by atomic mass is 10.0. The van der Waals surface area contributed by atoms with Crippen LogP contribution in [0.3, 0.4) is 0 Å². The summed E-state index contributed by atoms with van der Waals surface area (Å²) in [6.07, 6.45) is 0. The molecule has 0 aliphatic carbocycles. The maximum absolute atomic E-state index is 15.0. The number of ether oxygens (including phenoxy) is 3. The molecule has 10 heteroatoms. The number of hydrogen-bond donors (Lipinski definition) is 1. The number of fused-ring (bicyclic) bond motifs is 3. The van der Waals surface area contributed by atoms with Crippen LogP contribution in [0.1, 0.15) is 40.1 Å². The van der Waals surface area contributed by atoms with Gasteiger partial charge in [-0.05, 0) is 24.6 Å². The van der Waals surface area contributed by atoms with E-state index in [1.54, 1.807) is 23.1 Å². The fourth-order valence-electron chi connectivity index (χ4n) is 4.14. The Morgan fingerprint density at radius 2 is 2.09 bits per heavy atom. The van der Waals surface area contributed by atoms with Crippen molar-refractivity contribution in [1.82, 2.24) is 20.1 Å². The average molecular weight is 439 g/mol. The summed E-state index contributed by atoms with van der Waals surface area (Å²) in [6, 6.07) is 5.74. The number of benzene rings is 1. The second kappa shape index (κ2) is 8.29. The minimum atomic E-state index is -0.656. The molecule has 0 radical (unpaired) electrons. The predicted octanol–water partition coefficient (Wildman–Crippen LogP) is 2.39. The number of nitrogen functional groups attached to an aromatic ring is 1. The predicted molar refractivity (Wildman–Crippen MR) is 112 cm³/mol. The molecule has 1 aromatic carbocycles. The summed E-state index contributed by atoms with van der Waals surface area (Å²) in [6.45, 7) is 3.92. The molecule has 1 fully saturated rings. The van der Waals surface area contributed by atoms with Gasteiger partial charge >= 0.3 is 0 Å². The number of nitrogens with zero attached hydrogens (tertiary/aromatic N) is 4. The number of aromatic nitrogens is 3. The number of halogens is 1. The molecule has 0 spiro atoms. The zero-order valence-corrected chi connectivity index (χ0v) is 17.5. The van der Waals surface area contributed by atoms with Crippen LogP contribution < -0.4 is 10.5 Å². The summed E-state index contributed by atoms with van der Waals surface area (Å²) in [4.78, 5) is 19.3. The number of morpholine rings is 1. The molecule has 0 bridgehead atoms. The van der Waals surface area contributed by atoms with Crippen LogP contribution in [0.2, 0.25) is 0 Å². The van der Waals surface area contributed by atoms with E-state index in [4.69, 9.17) is 19.9 Å². The van der Waals surface area contributed by atoms with Gasteiger partial charge in [0, 0.05) is 29.6 Å². The molecule has 1 saturated heterocycles. The van der Waals surface area contributed by atoms with E-state index in [2.05, 4.69) is 15.2 Å². The summed E-state index contributed by atoms with van der Waals surface area (Å²) >= 11 is 0. The highest BCUT2D eigenvalue weighted by molar-refractivity contribution is 5.99. The van der Waals surface area contributed by atoms with Crippen molar-refractivity contribution in [3.05, 3.63) is 52.5 Å². The minimum absolute atomic E-state index is 0.0380. The van der Waals surface area contributed by atoms with Crippen LogP contribution in [0.25, 0.3) is 10.9 Å². The van der Waals surface area contributed by atoms with Crippen LogP contribution in [0.15, 0.2) is 24.3 Å². The Labute approximate surface area is 183 Å². The van der Waals surface area contributed by atoms with Crippen molar-refractivity contribution in [2.75, 3.05) is 32.1 Å². The SMILES string of the molecule is CCOc1ccc(C2COCCN2C(=O)c2cc3c4c(c(N)nc3cc2F)COC4)nn1. The van der Waals surface area contributed by atoms with Gasteiger partial charge in [0.15, 0.2) is 0 Å². The molecule has 2 aliphatic rings. The van der Waals surface area contributed by atoms with Gasteiger partial charge in [-0.3, -0.25) is 4.79 Å². The van der Waals surface area contributed by atoms with Crippen molar-refractivity contribution in [2.24, 2.45) is 0 Å². The van der Waals surface area contributed by atoms with Gasteiger partial charge in [0.25, 0.3) is 5.91 Å². The van der Waals surface area contributed by atoms with Crippen LogP contribution in [0.4, 0.5) is 10.2 Å². The molecule has 2 aliphatic heterocycles. The van der Waals surface area contributed by atoms with Gasteiger partial charge in [-0.25, -0.2) is 9.37 Å². The number of nitrogens with two attached hydrogens (primary N) is 1. The lowest BCUT2D eigenvalue weighted by Gasteiger charge is -2.35.